The van der Waals surface area contributed by atoms with Crippen molar-refractivity contribution in [2.45, 2.75) is 25.7 Å². The third-order valence-electron chi connectivity index (χ3n) is 7.14. The molecule has 1 fully saturated rings. The quantitative estimate of drug-likeness (QED) is 0.294. The minimum absolute atomic E-state index is 0.0697. The van der Waals surface area contributed by atoms with Crippen molar-refractivity contribution < 1.29 is 9.18 Å². The number of nitrogens with zero attached hydrogens (tertiary/aromatic N) is 2. The predicted molar refractivity (Wildman–Crippen MR) is 146 cm³/mol. The largest absolute Gasteiger partial charge is 0.366 e. The van der Waals surface area contributed by atoms with Crippen LogP contribution < -0.4 is 4.90 Å². The van der Waals surface area contributed by atoms with E-state index in [1.165, 1.54) is 11.6 Å². The van der Waals surface area contributed by atoms with Gasteiger partial charge in [0, 0.05) is 55.6 Å². The lowest BCUT2D eigenvalue weighted by Crippen LogP contribution is -2.49. The minimum Gasteiger partial charge on any atom is -0.366 e. The number of nitrogens with one attached hydrogen (secondary N) is 1. The number of hydrogen-bond donors (Lipinski definition) is 1. The Hall–Kier alpha value is -3.02. The van der Waals surface area contributed by atoms with Crippen molar-refractivity contribution in [1.29, 1.82) is 0 Å². The molecule has 4 aromatic rings. The van der Waals surface area contributed by atoms with Crippen LogP contribution in [0.1, 0.15) is 36.0 Å². The highest BCUT2D eigenvalue weighted by Gasteiger charge is 2.28. The van der Waals surface area contributed by atoms with Gasteiger partial charge in [0.25, 0.3) is 0 Å². The molecule has 1 aliphatic heterocycles. The van der Waals surface area contributed by atoms with E-state index in [1.54, 1.807) is 18.2 Å². The van der Waals surface area contributed by atoms with Crippen molar-refractivity contribution in [3.8, 4) is 0 Å². The molecule has 1 N–H and O–H groups in total. The average molecular weight is 524 g/mol. The highest BCUT2D eigenvalue weighted by molar-refractivity contribution is 6.42. The zero-order valence-electron chi connectivity index (χ0n) is 20.1. The number of carbonyl (C=O) groups is 1. The fourth-order valence-electron chi connectivity index (χ4n) is 5.17. The van der Waals surface area contributed by atoms with Gasteiger partial charge in [-0.25, -0.2) is 4.39 Å². The van der Waals surface area contributed by atoms with E-state index in [0.717, 1.165) is 28.5 Å². The maximum absolute atomic E-state index is 14.2. The average Bonchev–Trinajstić information content (AvgIpc) is 3.33. The first-order chi connectivity index (χ1) is 17.5. The van der Waals surface area contributed by atoms with Gasteiger partial charge < -0.3 is 14.8 Å². The third-order valence-corrected chi connectivity index (χ3v) is 7.88. The van der Waals surface area contributed by atoms with Gasteiger partial charge in [-0.05, 0) is 47.4 Å². The number of benzene rings is 3. The normalized spacial score (nSPS) is 14.9. The molecule has 0 saturated carbocycles. The van der Waals surface area contributed by atoms with Crippen LogP contribution in [-0.2, 0) is 11.2 Å². The van der Waals surface area contributed by atoms with Gasteiger partial charge in [-0.2, -0.15) is 0 Å². The van der Waals surface area contributed by atoms with Crippen LogP contribution in [0.4, 0.5) is 10.1 Å². The first kappa shape index (κ1) is 24.7. The number of hydrogen-bond acceptors (Lipinski definition) is 2. The van der Waals surface area contributed by atoms with Crippen LogP contribution in [-0.4, -0.2) is 42.0 Å². The van der Waals surface area contributed by atoms with Crippen LogP contribution >= 0.6 is 23.2 Å². The van der Waals surface area contributed by atoms with Crippen molar-refractivity contribution >= 4 is 45.7 Å². The Labute approximate surface area is 220 Å². The van der Waals surface area contributed by atoms with Gasteiger partial charge in [0.15, 0.2) is 0 Å². The van der Waals surface area contributed by atoms with Crippen molar-refractivity contribution in [3.63, 3.8) is 0 Å². The number of rotatable bonds is 6. The van der Waals surface area contributed by atoms with Gasteiger partial charge in [0.1, 0.15) is 5.82 Å². The van der Waals surface area contributed by atoms with E-state index in [2.05, 4.69) is 30.1 Å². The summed E-state index contributed by atoms with van der Waals surface area (Å²) in [6, 6.07) is 18.7. The number of halogens is 3. The summed E-state index contributed by atoms with van der Waals surface area (Å²) in [5.41, 5.74) is 4.94. The van der Waals surface area contributed by atoms with Crippen molar-refractivity contribution in [2.75, 3.05) is 31.1 Å². The summed E-state index contributed by atoms with van der Waals surface area (Å²) in [7, 11) is 0. The molecule has 7 heteroatoms. The third kappa shape index (κ3) is 4.82. The van der Waals surface area contributed by atoms with E-state index in [9.17, 15) is 9.18 Å². The molecule has 1 saturated heterocycles. The highest BCUT2D eigenvalue weighted by atomic mass is 35.5. The molecule has 4 nitrogen and oxygen atoms in total. The molecule has 3 aromatic carbocycles. The van der Waals surface area contributed by atoms with Crippen molar-refractivity contribution in [3.05, 3.63) is 99.4 Å². The SMILES string of the molecule is CCc1cccc2c(C(CC(=O)N3CCN(c4ccccc4F)CC3)c3ccc(Cl)c(Cl)c3)c[nH]c12. The molecule has 1 atom stereocenters. The second-order valence-corrected chi connectivity index (χ2v) is 10.0. The Balaban J connectivity index is 1.41. The first-order valence-corrected chi connectivity index (χ1v) is 13.0. The topological polar surface area (TPSA) is 39.3 Å². The zero-order chi connectivity index (χ0) is 25.2. The van der Waals surface area contributed by atoms with E-state index < -0.39 is 0 Å². The lowest BCUT2D eigenvalue weighted by atomic mass is 9.87. The fourth-order valence-corrected chi connectivity index (χ4v) is 5.47. The van der Waals surface area contributed by atoms with Crippen LogP contribution in [0.5, 0.6) is 0 Å². The van der Waals surface area contributed by atoms with Crippen LogP contribution in [0.2, 0.25) is 10.0 Å². The van der Waals surface area contributed by atoms with Gasteiger partial charge in [0.2, 0.25) is 5.91 Å². The Morgan fingerprint density at radius 3 is 2.50 bits per heavy atom. The summed E-state index contributed by atoms with van der Waals surface area (Å²) in [5, 5.41) is 2.07. The summed E-state index contributed by atoms with van der Waals surface area (Å²) in [5.74, 6) is -0.347. The Morgan fingerprint density at radius 2 is 1.78 bits per heavy atom. The molecule has 36 heavy (non-hydrogen) atoms. The summed E-state index contributed by atoms with van der Waals surface area (Å²) >= 11 is 12.6. The minimum atomic E-state index is -0.234. The molecule has 1 aliphatic rings. The van der Waals surface area contributed by atoms with E-state index in [4.69, 9.17) is 23.2 Å². The number of anilines is 1. The Bertz CT molecular complexity index is 1390. The summed E-state index contributed by atoms with van der Waals surface area (Å²) in [6.45, 7) is 4.43. The van der Waals surface area contributed by atoms with Crippen molar-refractivity contribution in [1.82, 2.24) is 9.88 Å². The molecular formula is C29H28Cl2FN3O. The summed E-state index contributed by atoms with van der Waals surface area (Å²) < 4.78 is 14.2. The summed E-state index contributed by atoms with van der Waals surface area (Å²) in [6.07, 6.45) is 3.24. The number of aromatic nitrogens is 1. The van der Waals surface area contributed by atoms with E-state index >= 15 is 0 Å². The monoisotopic (exact) mass is 523 g/mol. The van der Waals surface area contributed by atoms with E-state index in [0.29, 0.717) is 48.3 Å². The molecule has 2 heterocycles. The summed E-state index contributed by atoms with van der Waals surface area (Å²) in [4.78, 5) is 20.9. The number of aromatic amines is 1. The Morgan fingerprint density at radius 1 is 1.00 bits per heavy atom. The molecule has 0 bridgehead atoms. The molecule has 0 spiro atoms. The van der Waals surface area contributed by atoms with Crippen LogP contribution in [0.25, 0.3) is 10.9 Å². The zero-order valence-corrected chi connectivity index (χ0v) is 21.6. The maximum Gasteiger partial charge on any atom is 0.223 e. The van der Waals surface area contributed by atoms with E-state index in [1.807, 2.05) is 34.2 Å². The number of fused-ring (bicyclic) bond motifs is 1. The van der Waals surface area contributed by atoms with Gasteiger partial charge in [-0.3, -0.25) is 4.79 Å². The number of H-pyrrole nitrogens is 1. The smallest absolute Gasteiger partial charge is 0.223 e. The second kappa shape index (κ2) is 10.5. The lowest BCUT2D eigenvalue weighted by molar-refractivity contribution is -0.131. The molecule has 5 rings (SSSR count). The fraction of sp³-hybridized carbons (Fsp3) is 0.276. The standard InChI is InChI=1S/C29H28Cl2FN3O/c1-2-19-6-5-7-21-23(18-33-29(19)21)22(20-10-11-24(30)25(31)16-20)17-28(36)35-14-12-34(13-15-35)27-9-4-3-8-26(27)32/h3-11,16,18,22,33H,2,12-15,17H2,1H3. The Kier molecular flexibility index (Phi) is 7.22. The van der Waals surface area contributed by atoms with Crippen LogP contribution in [0.15, 0.2) is 66.9 Å². The van der Waals surface area contributed by atoms with Gasteiger partial charge >= 0.3 is 0 Å². The molecule has 1 aromatic heterocycles. The maximum atomic E-state index is 14.2. The number of amides is 1. The van der Waals surface area contributed by atoms with Gasteiger partial charge in [-0.1, -0.05) is 66.5 Å². The van der Waals surface area contributed by atoms with Gasteiger partial charge in [0.05, 0.1) is 15.7 Å². The number of aryl methyl sites for hydroxylation is 1. The number of para-hydroxylation sites is 2. The first-order valence-electron chi connectivity index (χ1n) is 12.3. The molecule has 186 valence electrons. The highest BCUT2D eigenvalue weighted by Crippen LogP contribution is 2.37. The molecule has 0 radical (unpaired) electrons. The van der Waals surface area contributed by atoms with Gasteiger partial charge in [-0.15, -0.1) is 0 Å². The molecule has 1 amide bonds. The van der Waals surface area contributed by atoms with Crippen LogP contribution in [0.3, 0.4) is 0 Å². The van der Waals surface area contributed by atoms with E-state index in [-0.39, 0.29) is 17.6 Å². The molecule has 1 unspecified atom stereocenters. The molecular weight excluding hydrogens is 496 g/mol. The van der Waals surface area contributed by atoms with Crippen LogP contribution in [0, 0.1) is 5.82 Å². The number of piperazine rings is 1. The lowest BCUT2D eigenvalue weighted by Gasteiger charge is -2.36. The predicted octanol–water partition coefficient (Wildman–Crippen LogP) is 7.05. The molecule has 0 aliphatic carbocycles. The second-order valence-electron chi connectivity index (χ2n) is 9.19. The number of carbonyl (C=O) groups excluding carboxylic acids is 1. The van der Waals surface area contributed by atoms with Crippen molar-refractivity contribution in [2.24, 2.45) is 0 Å².